The summed E-state index contributed by atoms with van der Waals surface area (Å²) in [7, 11) is -5.13. The molecule has 1 unspecified atom stereocenters. The third-order valence-electron chi connectivity index (χ3n) is 2.55. The summed E-state index contributed by atoms with van der Waals surface area (Å²) in [5.74, 6) is 0. The van der Waals surface area contributed by atoms with Crippen molar-refractivity contribution in [2.75, 3.05) is 6.61 Å². The Hall–Kier alpha value is -0.0900. The minimum Gasteiger partial charge on any atom is -0.394 e. The Morgan fingerprint density at radius 2 is 1.94 bits per heavy atom. The van der Waals surface area contributed by atoms with Gasteiger partial charge in [-0.05, 0) is 0 Å². The van der Waals surface area contributed by atoms with Gasteiger partial charge < -0.3 is 40.1 Å². The summed E-state index contributed by atoms with van der Waals surface area (Å²) in [5.41, 5.74) is -2.99. The van der Waals surface area contributed by atoms with Gasteiger partial charge in [0, 0.05) is 6.42 Å². The highest BCUT2D eigenvalue weighted by Crippen LogP contribution is 2.54. The zero-order chi connectivity index (χ0) is 13.4. The molecule has 0 radical (unpaired) electrons. The molecule has 0 aromatic rings. The van der Waals surface area contributed by atoms with E-state index in [-0.39, 0.29) is 0 Å². The Labute approximate surface area is 96.1 Å². The lowest BCUT2D eigenvalue weighted by Gasteiger charge is -2.43. The molecule has 0 saturated carbocycles. The maximum atomic E-state index is 11.0. The Morgan fingerprint density at radius 3 is 2.35 bits per heavy atom. The average Bonchev–Trinajstić information content (AvgIpc) is 2.20. The van der Waals surface area contributed by atoms with Gasteiger partial charge in [-0.15, -0.1) is 0 Å². The van der Waals surface area contributed by atoms with E-state index in [2.05, 4.69) is 4.74 Å². The van der Waals surface area contributed by atoms with Gasteiger partial charge in [0.2, 0.25) is 0 Å². The van der Waals surface area contributed by atoms with Crippen molar-refractivity contribution in [3.8, 4) is 0 Å². The molecular formula is C7H15O9P. The molecule has 1 rings (SSSR count). The molecule has 1 aliphatic rings. The Morgan fingerprint density at radius 1 is 1.41 bits per heavy atom. The summed E-state index contributed by atoms with van der Waals surface area (Å²) in [5, 5.41) is 46.3. The first-order chi connectivity index (χ1) is 7.62. The SMILES string of the molecule is O=P(O)(O)C1(O)C[C@@H](O)[C@@H](O)[C@@H]([C@H](O)CO)O1. The highest BCUT2D eigenvalue weighted by molar-refractivity contribution is 7.53. The normalized spacial score (nSPS) is 41.2. The molecule has 0 bridgehead atoms. The quantitative estimate of drug-likeness (QED) is 0.260. The van der Waals surface area contributed by atoms with Crippen molar-refractivity contribution in [2.45, 2.75) is 36.4 Å². The average molecular weight is 274 g/mol. The first-order valence-electron chi connectivity index (χ1n) is 4.73. The molecule has 1 heterocycles. The van der Waals surface area contributed by atoms with E-state index >= 15 is 0 Å². The zero-order valence-corrected chi connectivity index (χ0v) is 9.51. The number of hydrogen-bond acceptors (Lipinski definition) is 7. The van der Waals surface area contributed by atoms with Gasteiger partial charge in [-0.3, -0.25) is 4.57 Å². The molecular weight excluding hydrogens is 259 g/mol. The topological polar surface area (TPSA) is 168 Å². The van der Waals surface area contributed by atoms with Crippen molar-refractivity contribution >= 4 is 7.60 Å². The van der Waals surface area contributed by atoms with Crippen LogP contribution in [-0.4, -0.2) is 71.9 Å². The lowest BCUT2D eigenvalue weighted by molar-refractivity contribution is -0.284. The first-order valence-corrected chi connectivity index (χ1v) is 6.34. The van der Waals surface area contributed by atoms with Gasteiger partial charge in [0.05, 0.1) is 12.7 Å². The van der Waals surface area contributed by atoms with Crippen molar-refractivity contribution in [2.24, 2.45) is 0 Å². The largest absolute Gasteiger partial charge is 0.394 e. The van der Waals surface area contributed by atoms with Crippen LogP contribution in [0.1, 0.15) is 6.42 Å². The van der Waals surface area contributed by atoms with Crippen LogP contribution in [0.2, 0.25) is 0 Å². The van der Waals surface area contributed by atoms with Gasteiger partial charge in [-0.1, -0.05) is 0 Å². The summed E-state index contributed by atoms with van der Waals surface area (Å²) in [4.78, 5) is 17.8. The van der Waals surface area contributed by atoms with Gasteiger partial charge >= 0.3 is 7.60 Å². The minimum absolute atomic E-state index is 0.869. The van der Waals surface area contributed by atoms with E-state index in [9.17, 15) is 25.0 Å². The van der Waals surface area contributed by atoms with Crippen LogP contribution in [0.4, 0.5) is 0 Å². The second kappa shape index (κ2) is 4.88. The van der Waals surface area contributed by atoms with E-state index in [4.69, 9.17) is 14.9 Å². The molecule has 0 aromatic heterocycles. The molecule has 0 aromatic carbocycles. The molecule has 1 fully saturated rings. The molecule has 0 aliphatic carbocycles. The lowest BCUT2D eigenvalue weighted by atomic mass is 9.97. The van der Waals surface area contributed by atoms with Crippen LogP contribution in [0.3, 0.4) is 0 Å². The molecule has 17 heavy (non-hydrogen) atoms. The van der Waals surface area contributed by atoms with Crippen molar-refractivity contribution < 1.29 is 44.6 Å². The van der Waals surface area contributed by atoms with Crippen molar-refractivity contribution in [1.29, 1.82) is 0 Å². The summed E-state index contributed by atoms with van der Waals surface area (Å²) in [6, 6.07) is 0. The number of rotatable bonds is 3. The fraction of sp³-hybridized carbons (Fsp3) is 1.00. The van der Waals surface area contributed by atoms with Gasteiger partial charge in [0.15, 0.2) is 0 Å². The monoisotopic (exact) mass is 274 g/mol. The first kappa shape index (κ1) is 15.0. The summed E-state index contributed by atoms with van der Waals surface area (Å²) in [6.45, 7) is -0.869. The Balaban J connectivity index is 2.99. The maximum Gasteiger partial charge on any atom is 0.384 e. The molecule has 9 nitrogen and oxygen atoms in total. The third kappa shape index (κ3) is 2.84. The van der Waals surface area contributed by atoms with Gasteiger partial charge in [0.25, 0.3) is 5.53 Å². The standard InChI is InChI=1S/C7H15O9P/c8-2-4(10)6-5(11)3(9)1-7(12,16-6)17(13,14)15/h3-6,8-12H,1-2H2,(H2,13,14,15)/t3-,4-,5-,6-,7?/m1/s1. The lowest BCUT2D eigenvalue weighted by Crippen LogP contribution is -2.58. The van der Waals surface area contributed by atoms with Crippen LogP contribution in [0.5, 0.6) is 0 Å². The second-order valence-corrected chi connectivity index (χ2v) is 5.67. The number of ether oxygens (including phenoxy) is 1. The molecule has 0 spiro atoms. The number of aliphatic hydroxyl groups excluding tert-OH is 4. The van der Waals surface area contributed by atoms with E-state index in [1.807, 2.05) is 0 Å². The predicted octanol–water partition coefficient (Wildman–Crippen LogP) is -3.33. The van der Waals surface area contributed by atoms with Crippen molar-refractivity contribution in [3.63, 3.8) is 0 Å². The van der Waals surface area contributed by atoms with E-state index < -0.39 is 50.6 Å². The highest BCUT2D eigenvalue weighted by Gasteiger charge is 2.56. The summed E-state index contributed by atoms with van der Waals surface area (Å²) >= 11 is 0. The van der Waals surface area contributed by atoms with Gasteiger partial charge in [-0.25, -0.2) is 0 Å². The fourth-order valence-corrected chi connectivity index (χ4v) is 2.23. The van der Waals surface area contributed by atoms with E-state index in [0.29, 0.717) is 0 Å². The van der Waals surface area contributed by atoms with Crippen LogP contribution in [0.15, 0.2) is 0 Å². The van der Waals surface area contributed by atoms with Crippen LogP contribution in [-0.2, 0) is 9.30 Å². The van der Waals surface area contributed by atoms with E-state index in [0.717, 1.165) is 0 Å². The minimum atomic E-state index is -5.13. The zero-order valence-electron chi connectivity index (χ0n) is 8.62. The van der Waals surface area contributed by atoms with Crippen LogP contribution in [0.25, 0.3) is 0 Å². The van der Waals surface area contributed by atoms with Crippen molar-refractivity contribution in [1.82, 2.24) is 0 Å². The Bertz CT molecular complexity index is 316. The number of aliphatic hydroxyl groups is 5. The van der Waals surface area contributed by atoms with Crippen LogP contribution in [0, 0.1) is 0 Å². The van der Waals surface area contributed by atoms with E-state index in [1.54, 1.807) is 0 Å². The molecule has 10 heteroatoms. The van der Waals surface area contributed by atoms with Gasteiger partial charge in [-0.2, -0.15) is 0 Å². The van der Waals surface area contributed by atoms with Crippen LogP contribution < -0.4 is 0 Å². The molecule has 1 saturated heterocycles. The fourth-order valence-electron chi connectivity index (χ4n) is 1.55. The molecule has 1 aliphatic heterocycles. The summed E-state index contributed by atoms with van der Waals surface area (Å²) < 4.78 is 15.5. The van der Waals surface area contributed by atoms with Crippen LogP contribution >= 0.6 is 7.60 Å². The molecule has 102 valence electrons. The number of hydrogen-bond donors (Lipinski definition) is 7. The molecule has 0 amide bonds. The maximum absolute atomic E-state index is 11.0. The highest BCUT2D eigenvalue weighted by atomic mass is 31.2. The van der Waals surface area contributed by atoms with Crippen molar-refractivity contribution in [3.05, 3.63) is 0 Å². The predicted molar refractivity (Wildman–Crippen MR) is 51.6 cm³/mol. The molecule has 7 N–H and O–H groups in total. The van der Waals surface area contributed by atoms with Gasteiger partial charge in [0.1, 0.15) is 18.3 Å². The second-order valence-electron chi connectivity index (χ2n) is 3.88. The third-order valence-corrected chi connectivity index (χ3v) is 3.75. The summed E-state index contributed by atoms with van der Waals surface area (Å²) in [6.07, 6.45) is -7.69. The molecule has 5 atom stereocenters. The Kier molecular flexibility index (Phi) is 4.30. The smallest absolute Gasteiger partial charge is 0.384 e. The van der Waals surface area contributed by atoms with E-state index in [1.165, 1.54) is 0 Å².